The van der Waals surface area contributed by atoms with Crippen molar-refractivity contribution in [3.8, 4) is 0 Å². The minimum Gasteiger partial charge on any atom is -0.336 e. The highest BCUT2D eigenvalue weighted by Crippen LogP contribution is 2.16. The lowest BCUT2D eigenvalue weighted by Gasteiger charge is -2.34. The maximum Gasteiger partial charge on any atom is 0.253 e. The van der Waals surface area contributed by atoms with Crippen molar-refractivity contribution >= 4 is 27.3 Å². The number of nitrogens with zero attached hydrogens (tertiary/aromatic N) is 2. The zero-order valence-electron chi connectivity index (χ0n) is 17.3. The molecule has 2 aromatic rings. The van der Waals surface area contributed by atoms with Gasteiger partial charge in [0.25, 0.3) is 5.91 Å². The number of benzene rings is 2. The van der Waals surface area contributed by atoms with Crippen LogP contribution in [0.15, 0.2) is 53.4 Å². The maximum atomic E-state index is 12.7. The third-order valence-electron chi connectivity index (χ3n) is 5.18. The molecule has 7 nitrogen and oxygen atoms in total. The average molecular weight is 430 g/mol. The van der Waals surface area contributed by atoms with E-state index in [2.05, 4.69) is 12.2 Å². The van der Waals surface area contributed by atoms with E-state index < -0.39 is 9.84 Å². The normalized spacial score (nSPS) is 15.1. The fourth-order valence-electron chi connectivity index (χ4n) is 3.38. The Morgan fingerprint density at radius 3 is 2.27 bits per heavy atom. The number of anilines is 1. The number of piperazine rings is 1. The van der Waals surface area contributed by atoms with Crippen molar-refractivity contribution in [3.05, 3.63) is 59.7 Å². The molecule has 1 heterocycles. The molecule has 0 aromatic heterocycles. The van der Waals surface area contributed by atoms with Crippen LogP contribution in [0.1, 0.15) is 22.8 Å². The molecule has 3 rings (SSSR count). The maximum absolute atomic E-state index is 12.7. The third-order valence-corrected chi connectivity index (χ3v) is 6.29. The molecular weight excluding hydrogens is 402 g/mol. The molecule has 1 fully saturated rings. The molecule has 1 aliphatic rings. The molecule has 8 heteroatoms. The summed E-state index contributed by atoms with van der Waals surface area (Å²) >= 11 is 0. The second kappa shape index (κ2) is 9.40. The number of hydrogen-bond acceptors (Lipinski definition) is 5. The van der Waals surface area contributed by atoms with Crippen LogP contribution in [0.25, 0.3) is 0 Å². The van der Waals surface area contributed by atoms with E-state index in [1.165, 1.54) is 17.7 Å². The molecule has 30 heavy (non-hydrogen) atoms. The number of sulfone groups is 1. The van der Waals surface area contributed by atoms with Gasteiger partial charge in [0.2, 0.25) is 5.91 Å². The molecule has 1 saturated heterocycles. The summed E-state index contributed by atoms with van der Waals surface area (Å²) in [6.07, 6.45) is 2.07. The highest BCUT2D eigenvalue weighted by molar-refractivity contribution is 7.90. The summed E-state index contributed by atoms with van der Waals surface area (Å²) in [4.78, 5) is 29.0. The number of nitrogens with one attached hydrogen (secondary N) is 1. The van der Waals surface area contributed by atoms with E-state index in [-0.39, 0.29) is 23.3 Å². The van der Waals surface area contributed by atoms with E-state index in [1.807, 2.05) is 34.1 Å². The number of hydrogen-bond donors (Lipinski definition) is 1. The number of carbonyl (C=O) groups is 2. The van der Waals surface area contributed by atoms with Gasteiger partial charge in [-0.3, -0.25) is 14.5 Å². The summed E-state index contributed by atoms with van der Waals surface area (Å²) in [7, 11) is -3.33. The number of rotatable bonds is 6. The zero-order chi connectivity index (χ0) is 21.7. The molecule has 0 aliphatic carbocycles. The van der Waals surface area contributed by atoms with Gasteiger partial charge in [0, 0.05) is 43.7 Å². The highest BCUT2D eigenvalue weighted by Gasteiger charge is 2.23. The fourth-order valence-corrected chi connectivity index (χ4v) is 4.05. The van der Waals surface area contributed by atoms with Crippen molar-refractivity contribution in [2.24, 2.45) is 0 Å². The van der Waals surface area contributed by atoms with E-state index in [1.54, 1.807) is 12.1 Å². The number of aryl methyl sites for hydroxylation is 1. The molecule has 1 aliphatic heterocycles. The molecule has 0 bridgehead atoms. The van der Waals surface area contributed by atoms with E-state index in [9.17, 15) is 18.0 Å². The van der Waals surface area contributed by atoms with Crippen molar-refractivity contribution in [3.63, 3.8) is 0 Å². The molecule has 0 saturated carbocycles. The molecule has 0 spiro atoms. The summed E-state index contributed by atoms with van der Waals surface area (Å²) in [5, 5.41) is 2.75. The van der Waals surface area contributed by atoms with Gasteiger partial charge in [0.05, 0.1) is 11.4 Å². The van der Waals surface area contributed by atoms with Crippen LogP contribution in [-0.2, 0) is 21.1 Å². The first-order valence-corrected chi connectivity index (χ1v) is 11.9. The smallest absolute Gasteiger partial charge is 0.253 e. The van der Waals surface area contributed by atoms with Crippen molar-refractivity contribution < 1.29 is 18.0 Å². The standard InChI is InChI=1S/C22H27N3O4S/c1-3-17-7-9-18(10-8-17)22(27)25-13-11-24(12-14-25)16-21(26)23-19-5-4-6-20(15-19)30(2,28)29/h4-10,15H,3,11-14,16H2,1-2H3,(H,23,26). The van der Waals surface area contributed by atoms with Crippen LogP contribution >= 0.6 is 0 Å². The minimum absolute atomic E-state index is 0.0133. The van der Waals surface area contributed by atoms with Crippen LogP contribution in [0.2, 0.25) is 0 Å². The van der Waals surface area contributed by atoms with Crippen LogP contribution in [0.4, 0.5) is 5.69 Å². The second-order valence-electron chi connectivity index (χ2n) is 7.47. The Hall–Kier alpha value is -2.71. The third kappa shape index (κ3) is 5.67. The summed E-state index contributed by atoms with van der Waals surface area (Å²) in [6, 6.07) is 13.9. The molecule has 0 atom stereocenters. The van der Waals surface area contributed by atoms with Gasteiger partial charge in [-0.05, 0) is 42.3 Å². The summed E-state index contributed by atoms with van der Waals surface area (Å²) in [5.41, 5.74) is 2.33. The lowest BCUT2D eigenvalue weighted by atomic mass is 10.1. The van der Waals surface area contributed by atoms with Crippen LogP contribution < -0.4 is 5.32 Å². The number of amides is 2. The van der Waals surface area contributed by atoms with E-state index >= 15 is 0 Å². The quantitative estimate of drug-likeness (QED) is 0.760. The fraction of sp³-hybridized carbons (Fsp3) is 0.364. The average Bonchev–Trinajstić information content (AvgIpc) is 2.73. The summed E-state index contributed by atoms with van der Waals surface area (Å²) in [6.45, 7) is 4.60. The molecular formula is C22H27N3O4S. The van der Waals surface area contributed by atoms with Crippen molar-refractivity contribution in [1.82, 2.24) is 9.80 Å². The Bertz CT molecular complexity index is 1010. The monoisotopic (exact) mass is 429 g/mol. The Kier molecular flexibility index (Phi) is 6.89. The first-order chi connectivity index (χ1) is 14.3. The van der Waals surface area contributed by atoms with E-state index in [0.717, 1.165) is 12.7 Å². The van der Waals surface area contributed by atoms with Gasteiger partial charge in [-0.15, -0.1) is 0 Å². The van der Waals surface area contributed by atoms with Gasteiger partial charge < -0.3 is 10.2 Å². The Balaban J connectivity index is 1.50. The van der Waals surface area contributed by atoms with Crippen molar-refractivity contribution in [2.45, 2.75) is 18.2 Å². The van der Waals surface area contributed by atoms with Gasteiger partial charge in [-0.25, -0.2) is 8.42 Å². The van der Waals surface area contributed by atoms with Crippen molar-refractivity contribution in [1.29, 1.82) is 0 Å². The molecule has 160 valence electrons. The molecule has 1 N–H and O–H groups in total. The van der Waals surface area contributed by atoms with Crippen LogP contribution in [0.3, 0.4) is 0 Å². The zero-order valence-corrected chi connectivity index (χ0v) is 18.1. The second-order valence-corrected chi connectivity index (χ2v) is 9.48. The van der Waals surface area contributed by atoms with Gasteiger partial charge in [-0.1, -0.05) is 25.1 Å². The lowest BCUT2D eigenvalue weighted by molar-refractivity contribution is -0.117. The Morgan fingerprint density at radius 2 is 1.67 bits per heavy atom. The van der Waals surface area contributed by atoms with Gasteiger partial charge in [0.15, 0.2) is 9.84 Å². The molecule has 0 unspecified atom stereocenters. The number of carbonyl (C=O) groups excluding carboxylic acids is 2. The van der Waals surface area contributed by atoms with Crippen LogP contribution in [-0.4, -0.2) is 69.0 Å². The SMILES string of the molecule is CCc1ccc(C(=O)N2CCN(CC(=O)Nc3cccc(S(C)(=O)=O)c3)CC2)cc1. The Labute approximate surface area is 177 Å². The highest BCUT2D eigenvalue weighted by atomic mass is 32.2. The van der Waals surface area contributed by atoms with Gasteiger partial charge in [0.1, 0.15) is 0 Å². The lowest BCUT2D eigenvalue weighted by Crippen LogP contribution is -2.50. The van der Waals surface area contributed by atoms with E-state index in [4.69, 9.17) is 0 Å². The Morgan fingerprint density at radius 1 is 1.00 bits per heavy atom. The van der Waals surface area contributed by atoms with Crippen LogP contribution in [0, 0.1) is 0 Å². The molecule has 2 amide bonds. The van der Waals surface area contributed by atoms with Crippen LogP contribution in [0.5, 0.6) is 0 Å². The van der Waals surface area contributed by atoms with Crippen molar-refractivity contribution in [2.75, 3.05) is 44.3 Å². The summed E-state index contributed by atoms with van der Waals surface area (Å²) < 4.78 is 23.3. The molecule has 2 aromatic carbocycles. The predicted molar refractivity (Wildman–Crippen MR) is 116 cm³/mol. The van der Waals surface area contributed by atoms with Gasteiger partial charge >= 0.3 is 0 Å². The minimum atomic E-state index is -3.33. The topological polar surface area (TPSA) is 86.8 Å². The largest absolute Gasteiger partial charge is 0.336 e. The summed E-state index contributed by atoms with van der Waals surface area (Å²) in [5.74, 6) is -0.199. The predicted octanol–water partition coefficient (Wildman–Crippen LogP) is 2.05. The molecule has 0 radical (unpaired) electrons. The van der Waals surface area contributed by atoms with E-state index in [0.29, 0.717) is 37.4 Å². The first-order valence-electron chi connectivity index (χ1n) is 9.97. The van der Waals surface area contributed by atoms with Gasteiger partial charge in [-0.2, -0.15) is 0 Å². The first kappa shape index (κ1) is 22.0.